The molecule has 1 atom stereocenters. The van der Waals surface area contributed by atoms with Crippen molar-refractivity contribution in [3.8, 4) is 5.88 Å². The van der Waals surface area contributed by atoms with Gasteiger partial charge in [-0.25, -0.2) is 9.37 Å². The lowest BCUT2D eigenvalue weighted by molar-refractivity contribution is -0.145. The van der Waals surface area contributed by atoms with E-state index >= 15 is 13.2 Å². The molecule has 4 amide bonds. The summed E-state index contributed by atoms with van der Waals surface area (Å²) in [6, 6.07) is 5.19. The molecule has 1 saturated carbocycles. The summed E-state index contributed by atoms with van der Waals surface area (Å²) >= 11 is 0.877. The fourth-order valence-electron chi connectivity index (χ4n) is 5.91. The first kappa shape index (κ1) is 36.8. The van der Waals surface area contributed by atoms with Crippen LogP contribution in [0.15, 0.2) is 42.7 Å². The number of benzene rings is 1. The average molecular weight is 732 g/mol. The minimum Gasteiger partial charge on any atom is -0.481 e. The monoisotopic (exact) mass is 731 g/mol. The topological polar surface area (TPSA) is 159 Å². The first-order valence-corrected chi connectivity index (χ1v) is 18.5. The lowest BCUT2D eigenvalue weighted by atomic mass is 10.0. The number of rotatable bonds is 12. The van der Waals surface area contributed by atoms with Gasteiger partial charge in [0.2, 0.25) is 17.3 Å². The molecule has 2 aromatic heterocycles. The van der Waals surface area contributed by atoms with Crippen LogP contribution in [0, 0.1) is 5.82 Å². The largest absolute Gasteiger partial charge is 0.481 e. The Morgan fingerprint density at radius 1 is 1.06 bits per heavy atom. The smallest absolute Gasteiger partial charge is 0.350 e. The molecule has 2 fully saturated rings. The third-order valence-corrected chi connectivity index (χ3v) is 12.0. The van der Waals surface area contributed by atoms with Gasteiger partial charge in [-0.05, 0) is 47.9 Å². The van der Waals surface area contributed by atoms with E-state index in [4.69, 9.17) is 4.74 Å². The molecule has 1 aromatic carbocycles. The molecule has 267 valence electrons. The highest BCUT2D eigenvalue weighted by atomic mass is 32.1. The Balaban J connectivity index is 1.31. The molecule has 2 aliphatic rings. The van der Waals surface area contributed by atoms with Crippen molar-refractivity contribution >= 4 is 49.4 Å². The summed E-state index contributed by atoms with van der Waals surface area (Å²) < 4.78 is 54.6. The molecule has 3 heterocycles. The first-order chi connectivity index (χ1) is 24.0. The van der Waals surface area contributed by atoms with E-state index in [2.05, 4.69) is 35.1 Å². The van der Waals surface area contributed by atoms with Crippen molar-refractivity contribution in [3.05, 3.63) is 64.5 Å². The predicted molar refractivity (Wildman–Crippen MR) is 180 cm³/mol. The fourth-order valence-corrected chi connectivity index (χ4v) is 8.67. The Morgan fingerprint density at radius 2 is 1.80 bits per heavy atom. The number of carbonyl (C=O) groups excluding carboxylic acids is 4. The Labute approximate surface area is 292 Å². The minimum absolute atomic E-state index is 0.0449. The van der Waals surface area contributed by atoms with Crippen LogP contribution >= 0.6 is 11.5 Å². The Morgan fingerprint density at radius 3 is 2.42 bits per heavy atom. The zero-order valence-electron chi connectivity index (χ0n) is 27.6. The van der Waals surface area contributed by atoms with Crippen LogP contribution in [0.3, 0.4) is 0 Å². The minimum atomic E-state index is -3.99. The van der Waals surface area contributed by atoms with Crippen molar-refractivity contribution < 1.29 is 37.1 Å². The van der Waals surface area contributed by atoms with Crippen LogP contribution in [0.4, 0.5) is 23.7 Å². The molecule has 1 aliphatic heterocycles. The maximum atomic E-state index is 15.6. The number of alkyl halides is 2. The van der Waals surface area contributed by atoms with Crippen molar-refractivity contribution in [2.24, 2.45) is 0 Å². The van der Waals surface area contributed by atoms with Crippen LogP contribution < -0.4 is 20.4 Å². The number of nitrogens with zero attached hydrogens (tertiary/aromatic N) is 5. The number of amides is 4. The van der Waals surface area contributed by atoms with E-state index < -0.39 is 49.6 Å². The SMILES string of the molecule is COc1ccc(C(F)(F)C(=O)N[Si](C(=O)Nc2ccc(C[C@@H](NC(=O)c3cnns3)C(=O)N3CCN(C)CC3)cc2F)C2CCCCC2)cn1. The summed E-state index contributed by atoms with van der Waals surface area (Å²) in [5.41, 5.74) is -1.58. The summed E-state index contributed by atoms with van der Waals surface area (Å²) in [4.78, 5) is 63.0. The predicted octanol–water partition coefficient (Wildman–Crippen LogP) is 3.54. The van der Waals surface area contributed by atoms with Gasteiger partial charge in [-0.3, -0.25) is 19.2 Å². The van der Waals surface area contributed by atoms with Crippen molar-refractivity contribution in [1.82, 2.24) is 34.7 Å². The molecule has 3 aromatic rings. The van der Waals surface area contributed by atoms with Crippen LogP contribution in [-0.4, -0.2) is 103 Å². The normalized spacial score (nSPS) is 16.5. The standard InChI is InChI=1S/C32H38F3N8O5SSi/c1-42-12-14-43(15-13-42)29(45)25(38-28(44)26-19-37-41-49-26)17-20-8-10-24(23(33)16-20)39-31(47)50(22-6-4-3-5-7-22)40-30(46)32(34,35)21-9-11-27(48-2)36-18-21/h8-11,16,18-19,22,25H,3-7,12-15,17H2,1-2H3,(H,38,44)(H,39,47)(H,40,46)/t25-/m1/s1. The van der Waals surface area contributed by atoms with Crippen LogP contribution in [0.25, 0.3) is 0 Å². The maximum absolute atomic E-state index is 15.6. The molecule has 0 unspecified atom stereocenters. The number of aromatic nitrogens is 3. The molecular weight excluding hydrogens is 694 g/mol. The molecule has 13 nitrogen and oxygen atoms in total. The molecule has 1 aliphatic carbocycles. The van der Waals surface area contributed by atoms with E-state index in [1.807, 2.05) is 7.05 Å². The highest BCUT2D eigenvalue weighted by Gasteiger charge is 2.45. The van der Waals surface area contributed by atoms with E-state index in [1.54, 1.807) is 4.90 Å². The van der Waals surface area contributed by atoms with Gasteiger partial charge in [-0.2, -0.15) is 8.78 Å². The zero-order valence-corrected chi connectivity index (χ0v) is 29.4. The Hall–Kier alpha value is -4.42. The van der Waals surface area contributed by atoms with Crippen LogP contribution in [0.5, 0.6) is 5.88 Å². The number of nitrogens with one attached hydrogen (secondary N) is 3. The number of anilines is 1. The lowest BCUT2D eigenvalue weighted by Crippen LogP contribution is -2.55. The lowest BCUT2D eigenvalue weighted by Gasteiger charge is -2.34. The van der Waals surface area contributed by atoms with Gasteiger partial charge in [-0.1, -0.05) is 42.7 Å². The second-order valence-electron chi connectivity index (χ2n) is 12.3. The van der Waals surface area contributed by atoms with E-state index in [-0.39, 0.29) is 34.3 Å². The van der Waals surface area contributed by atoms with E-state index in [0.29, 0.717) is 44.6 Å². The third kappa shape index (κ3) is 9.02. The van der Waals surface area contributed by atoms with Gasteiger partial charge in [0, 0.05) is 50.4 Å². The highest BCUT2D eigenvalue weighted by Crippen LogP contribution is 2.33. The highest BCUT2D eigenvalue weighted by molar-refractivity contribution is 7.07. The number of hydrogen-bond donors (Lipinski definition) is 3. The summed E-state index contributed by atoms with van der Waals surface area (Å²) in [5, 5.41) is 8.91. The number of methoxy groups -OCH3 is 1. The summed E-state index contributed by atoms with van der Waals surface area (Å²) in [5.74, 6) is -7.21. The average Bonchev–Trinajstić information content (AvgIpc) is 3.67. The number of pyridine rings is 1. The van der Waals surface area contributed by atoms with Gasteiger partial charge in [-0.15, -0.1) is 5.10 Å². The van der Waals surface area contributed by atoms with Crippen molar-refractivity contribution in [2.75, 3.05) is 45.7 Å². The van der Waals surface area contributed by atoms with Crippen LogP contribution in [0.2, 0.25) is 5.54 Å². The number of carbonyl (C=O) groups is 4. The molecule has 3 N–H and O–H groups in total. The number of hydrogen-bond acceptors (Lipinski definition) is 10. The van der Waals surface area contributed by atoms with Gasteiger partial charge in [0.05, 0.1) is 19.0 Å². The number of ether oxygens (including phenoxy) is 1. The fraction of sp³-hybridized carbons (Fsp3) is 0.469. The second-order valence-corrected chi connectivity index (χ2v) is 15.4. The van der Waals surface area contributed by atoms with Gasteiger partial charge < -0.3 is 30.2 Å². The first-order valence-electron chi connectivity index (χ1n) is 16.2. The maximum Gasteiger partial charge on any atom is 0.350 e. The van der Waals surface area contributed by atoms with Crippen molar-refractivity contribution in [1.29, 1.82) is 0 Å². The number of piperazine rings is 1. The molecule has 0 spiro atoms. The van der Waals surface area contributed by atoms with Crippen LogP contribution in [0.1, 0.15) is 52.9 Å². The molecule has 1 saturated heterocycles. The van der Waals surface area contributed by atoms with E-state index in [1.165, 1.54) is 31.5 Å². The van der Waals surface area contributed by atoms with Gasteiger partial charge in [0.1, 0.15) is 16.7 Å². The number of likely N-dealkylation sites (N-methyl/N-ethyl adjacent to an activating group) is 1. The molecule has 5 rings (SSSR count). The Kier molecular flexibility index (Phi) is 12.2. The quantitative estimate of drug-likeness (QED) is 0.237. The summed E-state index contributed by atoms with van der Waals surface area (Å²) in [6.07, 6.45) is 5.67. The molecule has 1 radical (unpaired) electrons. The summed E-state index contributed by atoms with van der Waals surface area (Å²) in [7, 11) is 0.598. The molecule has 0 bridgehead atoms. The van der Waals surface area contributed by atoms with E-state index in [0.717, 1.165) is 49.1 Å². The van der Waals surface area contributed by atoms with Gasteiger partial charge in [0.15, 0.2) is 0 Å². The van der Waals surface area contributed by atoms with Crippen molar-refractivity contribution in [2.45, 2.75) is 56.0 Å². The number of halogens is 3. The molecule has 18 heteroatoms. The Bertz CT molecular complexity index is 1660. The zero-order chi connectivity index (χ0) is 35.8. The second kappa shape index (κ2) is 16.5. The molecule has 50 heavy (non-hydrogen) atoms. The summed E-state index contributed by atoms with van der Waals surface area (Å²) in [6.45, 7) is 2.26. The van der Waals surface area contributed by atoms with Crippen molar-refractivity contribution in [3.63, 3.8) is 0 Å². The van der Waals surface area contributed by atoms with Gasteiger partial charge in [0.25, 0.3) is 20.8 Å². The van der Waals surface area contributed by atoms with Gasteiger partial charge >= 0.3 is 5.92 Å². The van der Waals surface area contributed by atoms with E-state index in [9.17, 15) is 19.2 Å². The van der Waals surface area contributed by atoms with Crippen LogP contribution in [-0.2, 0) is 21.9 Å². The molecular formula is C32H38F3N8O5SSi. The third-order valence-electron chi connectivity index (χ3n) is 8.82.